The third kappa shape index (κ3) is 3.78. The van der Waals surface area contributed by atoms with Gasteiger partial charge < -0.3 is 0 Å². The fraction of sp³-hybridized carbons (Fsp3) is 0.533. The van der Waals surface area contributed by atoms with Gasteiger partial charge in [-0.1, -0.05) is 25.8 Å². The van der Waals surface area contributed by atoms with Gasteiger partial charge in [0.2, 0.25) is 0 Å². The maximum absolute atomic E-state index is 13.5. The zero-order valence-corrected chi connectivity index (χ0v) is 11.8. The normalized spacial score (nSPS) is 23.3. The lowest BCUT2D eigenvalue weighted by Gasteiger charge is -2.25. The molecule has 0 radical (unpaired) electrons. The van der Waals surface area contributed by atoms with Gasteiger partial charge in [-0.05, 0) is 30.9 Å². The Morgan fingerprint density at radius 3 is 2.63 bits per heavy atom. The van der Waals surface area contributed by atoms with E-state index in [1.54, 1.807) is 0 Å². The number of rotatable bonds is 4. The fourth-order valence-corrected chi connectivity index (χ4v) is 3.89. The first-order valence-corrected chi connectivity index (χ1v) is 7.71. The molecule has 1 aromatic rings. The van der Waals surface area contributed by atoms with Crippen molar-refractivity contribution in [1.29, 1.82) is 0 Å². The van der Waals surface area contributed by atoms with Gasteiger partial charge in [0.05, 0.1) is 11.3 Å². The third-order valence-electron chi connectivity index (χ3n) is 3.58. The summed E-state index contributed by atoms with van der Waals surface area (Å²) in [4.78, 5) is 11.9. The summed E-state index contributed by atoms with van der Waals surface area (Å²) in [5.74, 6) is -1.12. The van der Waals surface area contributed by atoms with Gasteiger partial charge in [0.15, 0.2) is 5.78 Å². The summed E-state index contributed by atoms with van der Waals surface area (Å²) in [6.45, 7) is 2.21. The zero-order valence-electron chi connectivity index (χ0n) is 11.0. The van der Waals surface area contributed by atoms with E-state index in [4.69, 9.17) is 0 Å². The lowest BCUT2D eigenvalue weighted by atomic mass is 9.91. The fourth-order valence-electron chi connectivity index (χ4n) is 2.56. The molecule has 0 N–H and O–H groups in total. The van der Waals surface area contributed by atoms with E-state index >= 15 is 0 Å². The lowest BCUT2D eigenvalue weighted by Crippen LogP contribution is -2.18. The first-order chi connectivity index (χ1) is 9.08. The standard InChI is InChI=1S/C15H18F2OS/c1-10-4-2-5-11(8-10)19-9-14(18)15-12(16)6-3-7-13(15)17/h3,6-7,10-11H,2,4-5,8-9H2,1H3. The maximum atomic E-state index is 13.5. The molecule has 1 aromatic carbocycles. The highest BCUT2D eigenvalue weighted by Gasteiger charge is 2.22. The van der Waals surface area contributed by atoms with Crippen LogP contribution in [0.3, 0.4) is 0 Å². The second-order valence-electron chi connectivity index (χ2n) is 5.22. The number of carbonyl (C=O) groups excluding carboxylic acids is 1. The molecule has 1 aliphatic rings. The van der Waals surface area contributed by atoms with Crippen molar-refractivity contribution in [2.75, 3.05) is 5.75 Å². The van der Waals surface area contributed by atoms with Crippen molar-refractivity contribution in [2.24, 2.45) is 5.92 Å². The van der Waals surface area contributed by atoms with Crippen LogP contribution < -0.4 is 0 Å². The highest BCUT2D eigenvalue weighted by molar-refractivity contribution is 8.00. The number of hydrogen-bond acceptors (Lipinski definition) is 2. The van der Waals surface area contributed by atoms with E-state index in [1.165, 1.54) is 30.7 Å². The van der Waals surface area contributed by atoms with Crippen LogP contribution in [-0.4, -0.2) is 16.8 Å². The average molecular weight is 284 g/mol. The predicted molar refractivity (Wildman–Crippen MR) is 74.6 cm³/mol. The van der Waals surface area contributed by atoms with Crippen LogP contribution in [0.2, 0.25) is 0 Å². The Labute approximate surface area is 116 Å². The molecule has 0 heterocycles. The SMILES string of the molecule is CC1CCCC(SCC(=O)c2c(F)cccc2F)C1. The number of benzene rings is 1. The first-order valence-electron chi connectivity index (χ1n) is 6.66. The molecule has 1 fully saturated rings. The van der Waals surface area contributed by atoms with Crippen LogP contribution in [0.5, 0.6) is 0 Å². The number of ketones is 1. The largest absolute Gasteiger partial charge is 0.293 e. The van der Waals surface area contributed by atoms with Crippen molar-refractivity contribution in [1.82, 2.24) is 0 Å². The molecule has 0 spiro atoms. The quantitative estimate of drug-likeness (QED) is 0.759. The van der Waals surface area contributed by atoms with E-state index in [0.717, 1.165) is 25.0 Å². The van der Waals surface area contributed by atoms with Gasteiger partial charge in [-0.25, -0.2) is 8.78 Å². The van der Waals surface area contributed by atoms with Gasteiger partial charge in [0.25, 0.3) is 0 Å². The van der Waals surface area contributed by atoms with E-state index < -0.39 is 17.4 Å². The Morgan fingerprint density at radius 1 is 1.32 bits per heavy atom. The highest BCUT2D eigenvalue weighted by atomic mass is 32.2. The molecular weight excluding hydrogens is 266 g/mol. The summed E-state index contributed by atoms with van der Waals surface area (Å²) in [6, 6.07) is 3.53. The van der Waals surface area contributed by atoms with Gasteiger partial charge in [-0.3, -0.25) is 4.79 Å². The number of halogens is 2. The Hall–Kier alpha value is -0.900. The number of thioether (sulfide) groups is 1. The summed E-state index contributed by atoms with van der Waals surface area (Å²) < 4.78 is 26.9. The average Bonchev–Trinajstić information content (AvgIpc) is 2.36. The second-order valence-corrected chi connectivity index (χ2v) is 6.51. The molecule has 104 valence electrons. The first kappa shape index (κ1) is 14.5. The van der Waals surface area contributed by atoms with Crippen LogP contribution >= 0.6 is 11.8 Å². The monoisotopic (exact) mass is 284 g/mol. The van der Waals surface area contributed by atoms with Gasteiger partial charge in [0.1, 0.15) is 11.6 Å². The van der Waals surface area contributed by atoms with E-state index in [-0.39, 0.29) is 11.3 Å². The number of hydrogen-bond donors (Lipinski definition) is 0. The van der Waals surface area contributed by atoms with Crippen LogP contribution in [0.1, 0.15) is 43.0 Å². The maximum Gasteiger partial charge on any atom is 0.178 e. The molecule has 1 nitrogen and oxygen atoms in total. The molecule has 19 heavy (non-hydrogen) atoms. The lowest BCUT2D eigenvalue weighted by molar-refractivity contribution is 0.101. The number of Topliss-reactive ketones (excluding diaryl/α,β-unsaturated/α-hetero) is 1. The predicted octanol–water partition coefficient (Wildman–Crippen LogP) is 4.46. The van der Waals surface area contributed by atoms with Gasteiger partial charge in [-0.2, -0.15) is 11.8 Å². The molecule has 0 saturated heterocycles. The molecular formula is C15H18F2OS. The van der Waals surface area contributed by atoms with Crippen LogP contribution in [-0.2, 0) is 0 Å². The topological polar surface area (TPSA) is 17.1 Å². The minimum atomic E-state index is -0.761. The minimum Gasteiger partial charge on any atom is -0.293 e. The van der Waals surface area contributed by atoms with Crippen LogP contribution in [0.4, 0.5) is 8.78 Å². The van der Waals surface area contributed by atoms with Crippen molar-refractivity contribution >= 4 is 17.5 Å². The zero-order chi connectivity index (χ0) is 13.8. The van der Waals surface area contributed by atoms with Gasteiger partial charge in [-0.15, -0.1) is 0 Å². The van der Waals surface area contributed by atoms with E-state index in [1.807, 2.05) is 0 Å². The summed E-state index contributed by atoms with van der Waals surface area (Å²) >= 11 is 1.54. The molecule has 0 bridgehead atoms. The molecule has 1 aliphatic carbocycles. The van der Waals surface area contributed by atoms with Gasteiger partial charge >= 0.3 is 0 Å². The Bertz CT molecular complexity index is 441. The molecule has 0 aliphatic heterocycles. The Balaban J connectivity index is 1.94. The Kier molecular flexibility index (Phi) is 4.97. The van der Waals surface area contributed by atoms with Gasteiger partial charge in [0, 0.05) is 5.25 Å². The molecule has 1 saturated carbocycles. The Morgan fingerprint density at radius 2 is 2.00 bits per heavy atom. The molecule has 0 aromatic heterocycles. The third-order valence-corrected chi connectivity index (χ3v) is 4.91. The molecule has 2 unspecified atom stereocenters. The van der Waals surface area contributed by atoms with Crippen LogP contribution in [0.25, 0.3) is 0 Å². The number of carbonyl (C=O) groups is 1. The van der Waals surface area contributed by atoms with Crippen LogP contribution in [0, 0.1) is 17.6 Å². The molecule has 2 rings (SSSR count). The summed E-state index contributed by atoms with van der Waals surface area (Å²) in [5.41, 5.74) is -0.390. The molecule has 4 heteroatoms. The molecule has 2 atom stereocenters. The second kappa shape index (κ2) is 6.51. The summed E-state index contributed by atoms with van der Waals surface area (Å²) in [6.07, 6.45) is 4.62. The minimum absolute atomic E-state index is 0.162. The summed E-state index contributed by atoms with van der Waals surface area (Å²) in [7, 11) is 0. The van der Waals surface area contributed by atoms with Crippen LogP contribution in [0.15, 0.2) is 18.2 Å². The van der Waals surface area contributed by atoms with E-state index in [2.05, 4.69) is 6.92 Å². The molecule has 0 amide bonds. The van der Waals surface area contributed by atoms with Crippen molar-refractivity contribution in [3.05, 3.63) is 35.4 Å². The summed E-state index contributed by atoms with van der Waals surface area (Å²) in [5, 5.41) is 0.447. The van der Waals surface area contributed by atoms with Crippen molar-refractivity contribution in [3.63, 3.8) is 0 Å². The van der Waals surface area contributed by atoms with Crippen molar-refractivity contribution in [2.45, 2.75) is 37.9 Å². The van der Waals surface area contributed by atoms with E-state index in [9.17, 15) is 13.6 Å². The van der Waals surface area contributed by atoms with Crippen molar-refractivity contribution < 1.29 is 13.6 Å². The van der Waals surface area contributed by atoms with Crippen molar-refractivity contribution in [3.8, 4) is 0 Å². The highest BCUT2D eigenvalue weighted by Crippen LogP contribution is 2.32. The van der Waals surface area contributed by atoms with E-state index in [0.29, 0.717) is 11.2 Å². The smallest absolute Gasteiger partial charge is 0.178 e.